The van der Waals surface area contributed by atoms with E-state index < -0.39 is 0 Å². The van der Waals surface area contributed by atoms with Crippen LogP contribution >= 0.6 is 0 Å². The molecule has 0 unspecified atom stereocenters. The van der Waals surface area contributed by atoms with Crippen LogP contribution in [0, 0.1) is 0 Å². The number of nitrogens with zero attached hydrogens (tertiary/aromatic N) is 4. The van der Waals surface area contributed by atoms with Gasteiger partial charge in [-0.25, -0.2) is 4.98 Å². The summed E-state index contributed by atoms with van der Waals surface area (Å²) in [5, 5.41) is 2.12. The Kier molecular flexibility index (Phi) is 5.66. The summed E-state index contributed by atoms with van der Waals surface area (Å²) in [7, 11) is 1.72. The van der Waals surface area contributed by atoms with E-state index in [4.69, 9.17) is 10.5 Å². The standard InChI is InChI=1S/C25H26N6O/c1-27-13-20(12-26)23-11-21-22-10-19(14-29-25(22)30-24(21)15-28-23)18-4-2-17(3-5-18)16-31-6-8-32-9-7-31/h2-5,10-15H,6-9,16,26H2,1H3,(H,29,30). The molecule has 0 amide bonds. The fourth-order valence-electron chi connectivity index (χ4n) is 4.14. The molecule has 7 nitrogen and oxygen atoms in total. The Labute approximate surface area is 186 Å². The molecule has 1 saturated heterocycles. The monoisotopic (exact) mass is 426 g/mol. The lowest BCUT2D eigenvalue weighted by Gasteiger charge is -2.26. The fourth-order valence-corrected chi connectivity index (χ4v) is 4.14. The van der Waals surface area contributed by atoms with Crippen LogP contribution < -0.4 is 5.73 Å². The number of aromatic amines is 1. The lowest BCUT2D eigenvalue weighted by molar-refractivity contribution is 0.0342. The van der Waals surface area contributed by atoms with Crippen molar-refractivity contribution in [2.75, 3.05) is 33.4 Å². The number of aliphatic imine (C=N–C) groups is 1. The number of nitrogens with two attached hydrogens (primary N) is 1. The molecule has 4 heterocycles. The van der Waals surface area contributed by atoms with Gasteiger partial charge in [0, 0.05) is 67.2 Å². The summed E-state index contributed by atoms with van der Waals surface area (Å²) in [6, 6.07) is 13.0. The summed E-state index contributed by atoms with van der Waals surface area (Å²) in [6.07, 6.45) is 6.97. The van der Waals surface area contributed by atoms with Crippen LogP contribution in [0.15, 0.2) is 60.0 Å². The number of rotatable bonds is 5. The maximum absolute atomic E-state index is 5.77. The van der Waals surface area contributed by atoms with Gasteiger partial charge in [-0.2, -0.15) is 0 Å². The van der Waals surface area contributed by atoms with Crippen molar-refractivity contribution in [1.29, 1.82) is 0 Å². The summed E-state index contributed by atoms with van der Waals surface area (Å²) in [5.41, 5.74) is 12.7. The number of nitrogens with one attached hydrogen (secondary N) is 1. The molecule has 0 atom stereocenters. The van der Waals surface area contributed by atoms with E-state index in [0.717, 1.165) is 77.2 Å². The maximum Gasteiger partial charge on any atom is 0.138 e. The van der Waals surface area contributed by atoms with E-state index in [1.54, 1.807) is 13.3 Å². The number of aromatic nitrogens is 3. The average Bonchev–Trinajstić information content (AvgIpc) is 3.21. The third kappa shape index (κ3) is 4.00. The minimum Gasteiger partial charge on any atom is -0.404 e. The fraction of sp³-hybridized carbons (Fsp3) is 0.240. The Balaban J connectivity index is 1.47. The molecule has 1 aromatic carbocycles. The highest BCUT2D eigenvalue weighted by molar-refractivity contribution is 6.12. The van der Waals surface area contributed by atoms with Crippen LogP contribution in [-0.2, 0) is 11.3 Å². The van der Waals surface area contributed by atoms with Crippen molar-refractivity contribution in [3.05, 3.63) is 66.2 Å². The summed E-state index contributed by atoms with van der Waals surface area (Å²) in [4.78, 5) is 19.0. The van der Waals surface area contributed by atoms with E-state index in [-0.39, 0.29) is 0 Å². The first-order valence-electron chi connectivity index (χ1n) is 10.8. The smallest absolute Gasteiger partial charge is 0.138 e. The third-order valence-corrected chi connectivity index (χ3v) is 5.88. The van der Waals surface area contributed by atoms with Crippen molar-refractivity contribution in [2.24, 2.45) is 10.7 Å². The van der Waals surface area contributed by atoms with Gasteiger partial charge in [0.2, 0.25) is 0 Å². The molecule has 32 heavy (non-hydrogen) atoms. The Morgan fingerprint density at radius 3 is 2.66 bits per heavy atom. The predicted octanol–water partition coefficient (Wildman–Crippen LogP) is 3.61. The largest absolute Gasteiger partial charge is 0.404 e. The van der Waals surface area contributed by atoms with Crippen LogP contribution in [0.2, 0.25) is 0 Å². The zero-order chi connectivity index (χ0) is 21.9. The maximum atomic E-state index is 5.77. The molecule has 5 rings (SSSR count). The van der Waals surface area contributed by atoms with Gasteiger partial charge in [0.25, 0.3) is 0 Å². The SMILES string of the molecule is CN=CC(=CN)c1cc2c(cn1)[nH]c1ncc(-c3ccc(CN4CCOCC4)cc3)cc12. The molecule has 0 saturated carbocycles. The topological polar surface area (TPSA) is 92.4 Å². The van der Waals surface area contributed by atoms with Gasteiger partial charge in [-0.3, -0.25) is 14.9 Å². The lowest BCUT2D eigenvalue weighted by atomic mass is 10.0. The van der Waals surface area contributed by atoms with Crippen molar-refractivity contribution in [3.63, 3.8) is 0 Å². The average molecular weight is 427 g/mol. The van der Waals surface area contributed by atoms with Crippen LogP contribution in [0.3, 0.4) is 0 Å². The van der Waals surface area contributed by atoms with Gasteiger partial charge >= 0.3 is 0 Å². The molecule has 3 N–H and O–H groups in total. The van der Waals surface area contributed by atoms with Gasteiger partial charge < -0.3 is 15.5 Å². The number of H-pyrrole nitrogens is 1. The Hall–Kier alpha value is -3.55. The van der Waals surface area contributed by atoms with Gasteiger partial charge in [-0.05, 0) is 23.3 Å². The van der Waals surface area contributed by atoms with Crippen molar-refractivity contribution >= 4 is 33.7 Å². The second-order valence-electron chi connectivity index (χ2n) is 7.96. The normalized spacial score (nSPS) is 15.8. The van der Waals surface area contributed by atoms with Crippen molar-refractivity contribution in [2.45, 2.75) is 6.54 Å². The van der Waals surface area contributed by atoms with Gasteiger partial charge in [0.1, 0.15) is 5.65 Å². The third-order valence-electron chi connectivity index (χ3n) is 5.88. The molecule has 1 fully saturated rings. The number of hydrogen-bond acceptors (Lipinski definition) is 6. The first-order valence-corrected chi connectivity index (χ1v) is 10.8. The van der Waals surface area contributed by atoms with Gasteiger partial charge in [-0.1, -0.05) is 24.3 Å². The number of ether oxygens (including phenoxy) is 1. The van der Waals surface area contributed by atoms with E-state index in [1.165, 1.54) is 11.8 Å². The molecule has 162 valence electrons. The highest BCUT2D eigenvalue weighted by Crippen LogP contribution is 2.29. The van der Waals surface area contributed by atoms with Gasteiger partial charge in [0.05, 0.1) is 30.6 Å². The quantitative estimate of drug-likeness (QED) is 0.476. The summed E-state index contributed by atoms with van der Waals surface area (Å²) in [5.74, 6) is 0. The highest BCUT2D eigenvalue weighted by atomic mass is 16.5. The minimum absolute atomic E-state index is 0.781. The van der Waals surface area contributed by atoms with E-state index in [2.05, 4.69) is 55.2 Å². The number of fused-ring (bicyclic) bond motifs is 3. The summed E-state index contributed by atoms with van der Waals surface area (Å²) < 4.78 is 5.44. The van der Waals surface area contributed by atoms with Crippen molar-refractivity contribution < 1.29 is 4.74 Å². The first kappa shape index (κ1) is 20.4. The zero-order valence-electron chi connectivity index (χ0n) is 18.1. The van der Waals surface area contributed by atoms with Gasteiger partial charge in [0.15, 0.2) is 0 Å². The first-order chi connectivity index (χ1) is 15.7. The van der Waals surface area contributed by atoms with E-state index in [1.807, 2.05) is 18.5 Å². The molecule has 0 radical (unpaired) electrons. The van der Waals surface area contributed by atoms with Crippen LogP contribution in [0.25, 0.3) is 38.6 Å². The van der Waals surface area contributed by atoms with Crippen LogP contribution in [0.4, 0.5) is 0 Å². The molecule has 1 aliphatic rings. The number of allylic oxidation sites excluding steroid dienone is 1. The molecular weight excluding hydrogens is 400 g/mol. The molecule has 1 aliphatic heterocycles. The predicted molar refractivity (Wildman–Crippen MR) is 130 cm³/mol. The molecular formula is C25H26N6O. The Morgan fingerprint density at radius 1 is 1.09 bits per heavy atom. The Bertz CT molecular complexity index is 1300. The molecule has 7 heteroatoms. The van der Waals surface area contributed by atoms with Crippen LogP contribution in [-0.4, -0.2) is 59.4 Å². The second kappa shape index (κ2) is 8.90. The summed E-state index contributed by atoms with van der Waals surface area (Å²) in [6.45, 7) is 4.58. The second-order valence-corrected chi connectivity index (χ2v) is 7.96. The molecule has 0 aliphatic carbocycles. The van der Waals surface area contributed by atoms with Gasteiger partial charge in [-0.15, -0.1) is 0 Å². The lowest BCUT2D eigenvalue weighted by Crippen LogP contribution is -2.35. The van der Waals surface area contributed by atoms with E-state index in [9.17, 15) is 0 Å². The summed E-state index contributed by atoms with van der Waals surface area (Å²) >= 11 is 0. The number of benzene rings is 1. The molecule has 0 spiro atoms. The molecule has 3 aromatic heterocycles. The number of hydrogen-bond donors (Lipinski definition) is 2. The Morgan fingerprint density at radius 2 is 1.91 bits per heavy atom. The number of pyridine rings is 2. The van der Waals surface area contributed by atoms with Crippen LogP contribution in [0.1, 0.15) is 11.3 Å². The van der Waals surface area contributed by atoms with E-state index in [0.29, 0.717) is 0 Å². The number of morpholine rings is 1. The highest BCUT2D eigenvalue weighted by Gasteiger charge is 2.12. The van der Waals surface area contributed by atoms with E-state index >= 15 is 0 Å². The molecule has 0 bridgehead atoms. The zero-order valence-corrected chi connectivity index (χ0v) is 18.1. The van der Waals surface area contributed by atoms with Crippen molar-refractivity contribution in [1.82, 2.24) is 19.9 Å². The van der Waals surface area contributed by atoms with Crippen molar-refractivity contribution in [3.8, 4) is 11.1 Å². The minimum atomic E-state index is 0.781. The van der Waals surface area contributed by atoms with Crippen LogP contribution in [0.5, 0.6) is 0 Å². The molecule has 4 aromatic rings.